The van der Waals surface area contributed by atoms with E-state index in [2.05, 4.69) is 15.9 Å². The topological polar surface area (TPSA) is 26.3 Å². The van der Waals surface area contributed by atoms with Gasteiger partial charge in [0.2, 0.25) is 0 Å². The molecule has 2 rings (SSSR count). The van der Waals surface area contributed by atoms with E-state index in [1.54, 1.807) is 18.7 Å². The van der Waals surface area contributed by atoms with Crippen molar-refractivity contribution in [1.29, 1.82) is 0 Å². The zero-order valence-corrected chi connectivity index (χ0v) is 10.7. The van der Waals surface area contributed by atoms with E-state index in [-0.39, 0.29) is 5.78 Å². The van der Waals surface area contributed by atoms with Crippen LogP contribution in [-0.4, -0.2) is 24.2 Å². The lowest BCUT2D eigenvalue weighted by Gasteiger charge is -2.25. The Bertz CT molecular complexity index is 388. The molecule has 0 radical (unpaired) electrons. The van der Waals surface area contributed by atoms with Crippen LogP contribution in [0.5, 0.6) is 0 Å². The second-order valence-electron chi connectivity index (χ2n) is 3.48. The zero-order chi connectivity index (χ0) is 10.8. The van der Waals surface area contributed by atoms with Gasteiger partial charge in [-0.15, -0.1) is 11.8 Å². The van der Waals surface area contributed by atoms with E-state index in [1.165, 1.54) is 4.90 Å². The van der Waals surface area contributed by atoms with Crippen LogP contribution in [0.1, 0.15) is 17.3 Å². The Morgan fingerprint density at radius 2 is 2.27 bits per heavy atom. The van der Waals surface area contributed by atoms with E-state index in [1.807, 2.05) is 18.2 Å². The van der Waals surface area contributed by atoms with Gasteiger partial charge in [0.1, 0.15) is 0 Å². The molecule has 1 aromatic rings. The maximum absolute atomic E-state index is 11.2. The van der Waals surface area contributed by atoms with E-state index in [0.717, 1.165) is 23.2 Å². The van der Waals surface area contributed by atoms with Gasteiger partial charge in [0.05, 0.1) is 18.5 Å². The van der Waals surface area contributed by atoms with Crippen LogP contribution in [0.15, 0.2) is 27.6 Å². The van der Waals surface area contributed by atoms with Gasteiger partial charge >= 0.3 is 0 Å². The van der Waals surface area contributed by atoms with Crippen molar-refractivity contribution in [3.63, 3.8) is 0 Å². The average molecular weight is 287 g/mol. The lowest BCUT2D eigenvalue weighted by molar-refractivity contribution is 0.0455. The van der Waals surface area contributed by atoms with Crippen LogP contribution < -0.4 is 0 Å². The molecule has 2 nitrogen and oxygen atoms in total. The van der Waals surface area contributed by atoms with Gasteiger partial charge in [-0.25, -0.2) is 0 Å². The van der Waals surface area contributed by atoms with Crippen molar-refractivity contribution < 1.29 is 9.53 Å². The summed E-state index contributed by atoms with van der Waals surface area (Å²) in [5, 5.41) is 0.560. The molecule has 0 bridgehead atoms. The summed E-state index contributed by atoms with van der Waals surface area (Å²) < 4.78 is 6.11. The third-order valence-corrected chi connectivity index (χ3v) is 4.37. The summed E-state index contributed by atoms with van der Waals surface area (Å²) in [6, 6.07) is 5.74. The van der Waals surface area contributed by atoms with Crippen molar-refractivity contribution in [2.75, 3.05) is 13.2 Å². The second kappa shape index (κ2) is 4.68. The SMILES string of the molecule is CC(=O)c1ccc(SC2COC2)c(Br)c1. The summed E-state index contributed by atoms with van der Waals surface area (Å²) in [5.74, 6) is 0.0965. The Hall–Kier alpha value is -0.320. The van der Waals surface area contributed by atoms with Gasteiger partial charge in [0.25, 0.3) is 0 Å². The number of ketones is 1. The third kappa shape index (κ3) is 2.62. The van der Waals surface area contributed by atoms with E-state index in [0.29, 0.717) is 5.25 Å². The average Bonchev–Trinajstić information content (AvgIpc) is 2.12. The smallest absolute Gasteiger partial charge is 0.159 e. The number of hydrogen-bond donors (Lipinski definition) is 0. The predicted octanol–water partition coefficient (Wildman–Crippen LogP) is 3.14. The number of rotatable bonds is 3. The number of halogens is 1. The Morgan fingerprint density at radius 3 is 2.73 bits per heavy atom. The first-order valence-corrected chi connectivity index (χ1v) is 6.39. The summed E-state index contributed by atoms with van der Waals surface area (Å²) in [5.41, 5.74) is 0.746. The Labute approximate surface area is 102 Å². The van der Waals surface area contributed by atoms with Crippen LogP contribution in [0.2, 0.25) is 0 Å². The minimum Gasteiger partial charge on any atom is -0.379 e. The highest BCUT2D eigenvalue weighted by atomic mass is 79.9. The summed E-state index contributed by atoms with van der Waals surface area (Å²) in [6.45, 7) is 3.23. The molecule has 0 spiro atoms. The number of hydrogen-bond acceptors (Lipinski definition) is 3. The standard InChI is InChI=1S/C11H11BrO2S/c1-7(13)8-2-3-11(10(12)4-8)15-9-5-14-6-9/h2-4,9H,5-6H2,1H3. The quantitative estimate of drug-likeness (QED) is 0.799. The van der Waals surface area contributed by atoms with Gasteiger partial charge in [-0.1, -0.05) is 6.07 Å². The van der Waals surface area contributed by atoms with Crippen molar-refractivity contribution >= 4 is 33.5 Å². The molecule has 0 amide bonds. The summed E-state index contributed by atoms with van der Waals surface area (Å²) in [7, 11) is 0. The van der Waals surface area contributed by atoms with Gasteiger partial charge in [-0.3, -0.25) is 4.79 Å². The lowest BCUT2D eigenvalue weighted by Crippen LogP contribution is -2.30. The number of Topliss-reactive ketones (excluding diaryl/α,β-unsaturated/α-hetero) is 1. The minimum absolute atomic E-state index is 0.0965. The molecule has 0 unspecified atom stereocenters. The van der Waals surface area contributed by atoms with Crippen molar-refractivity contribution in [2.45, 2.75) is 17.1 Å². The normalized spacial score (nSPS) is 16.1. The highest BCUT2D eigenvalue weighted by Crippen LogP contribution is 2.34. The van der Waals surface area contributed by atoms with Crippen molar-refractivity contribution in [3.8, 4) is 0 Å². The molecule has 1 aromatic carbocycles. The predicted molar refractivity (Wildman–Crippen MR) is 64.6 cm³/mol. The molecule has 1 aliphatic heterocycles. The first-order valence-electron chi connectivity index (χ1n) is 4.71. The Balaban J connectivity index is 2.14. The van der Waals surface area contributed by atoms with Crippen LogP contribution in [-0.2, 0) is 4.74 Å². The number of benzene rings is 1. The van der Waals surface area contributed by atoms with E-state index >= 15 is 0 Å². The van der Waals surface area contributed by atoms with Crippen LogP contribution in [0.3, 0.4) is 0 Å². The molecule has 1 heterocycles. The molecule has 15 heavy (non-hydrogen) atoms. The minimum atomic E-state index is 0.0965. The van der Waals surface area contributed by atoms with E-state index in [4.69, 9.17) is 4.74 Å². The van der Waals surface area contributed by atoms with Crippen LogP contribution in [0, 0.1) is 0 Å². The highest BCUT2D eigenvalue weighted by molar-refractivity contribution is 9.10. The molecule has 1 fully saturated rings. The molecule has 0 saturated carbocycles. The highest BCUT2D eigenvalue weighted by Gasteiger charge is 2.20. The fourth-order valence-electron chi connectivity index (χ4n) is 1.28. The Morgan fingerprint density at radius 1 is 1.53 bits per heavy atom. The van der Waals surface area contributed by atoms with Crippen LogP contribution in [0.4, 0.5) is 0 Å². The molecule has 1 saturated heterocycles. The molecule has 80 valence electrons. The van der Waals surface area contributed by atoms with Crippen LogP contribution >= 0.6 is 27.7 Å². The molecular weight excluding hydrogens is 276 g/mol. The second-order valence-corrected chi connectivity index (χ2v) is 5.68. The van der Waals surface area contributed by atoms with Crippen molar-refractivity contribution in [3.05, 3.63) is 28.2 Å². The van der Waals surface area contributed by atoms with E-state index < -0.39 is 0 Å². The molecular formula is C11H11BrO2S. The number of thioether (sulfide) groups is 1. The fourth-order valence-corrected chi connectivity index (χ4v) is 2.94. The Kier molecular flexibility index (Phi) is 3.49. The number of ether oxygens (including phenoxy) is 1. The molecule has 0 aromatic heterocycles. The molecule has 1 aliphatic rings. The molecule has 0 N–H and O–H groups in total. The van der Waals surface area contributed by atoms with Crippen molar-refractivity contribution in [2.24, 2.45) is 0 Å². The lowest BCUT2D eigenvalue weighted by atomic mass is 10.2. The van der Waals surface area contributed by atoms with Crippen LogP contribution in [0.25, 0.3) is 0 Å². The maximum atomic E-state index is 11.2. The molecule has 0 atom stereocenters. The first kappa shape index (κ1) is 11.2. The molecule has 4 heteroatoms. The summed E-state index contributed by atoms with van der Waals surface area (Å²) >= 11 is 5.28. The third-order valence-electron chi connectivity index (χ3n) is 2.24. The zero-order valence-electron chi connectivity index (χ0n) is 8.33. The summed E-state index contributed by atoms with van der Waals surface area (Å²) in [6.07, 6.45) is 0. The monoisotopic (exact) mass is 286 g/mol. The first-order chi connectivity index (χ1) is 7.16. The largest absolute Gasteiger partial charge is 0.379 e. The fraction of sp³-hybridized carbons (Fsp3) is 0.364. The van der Waals surface area contributed by atoms with E-state index in [9.17, 15) is 4.79 Å². The maximum Gasteiger partial charge on any atom is 0.159 e. The van der Waals surface area contributed by atoms with Gasteiger partial charge in [0, 0.05) is 14.9 Å². The van der Waals surface area contributed by atoms with Gasteiger partial charge < -0.3 is 4.74 Å². The number of carbonyl (C=O) groups excluding carboxylic acids is 1. The van der Waals surface area contributed by atoms with Crippen molar-refractivity contribution in [1.82, 2.24) is 0 Å². The van der Waals surface area contributed by atoms with Gasteiger partial charge in [-0.2, -0.15) is 0 Å². The molecule has 0 aliphatic carbocycles. The van der Waals surface area contributed by atoms with Gasteiger partial charge in [0.15, 0.2) is 5.78 Å². The number of carbonyl (C=O) groups is 1. The summed E-state index contributed by atoms with van der Waals surface area (Å²) in [4.78, 5) is 12.3. The van der Waals surface area contributed by atoms with Gasteiger partial charge in [-0.05, 0) is 35.0 Å².